The molecular weight excluding hydrogens is 304 g/mol. The molecule has 0 heterocycles. The van der Waals surface area contributed by atoms with Crippen molar-refractivity contribution in [1.29, 1.82) is 0 Å². The summed E-state index contributed by atoms with van der Waals surface area (Å²) in [6, 6.07) is 15.4. The van der Waals surface area contributed by atoms with Crippen molar-refractivity contribution in [2.45, 2.75) is 6.92 Å². The first-order valence-corrected chi connectivity index (χ1v) is 7.42. The lowest BCUT2D eigenvalue weighted by atomic mass is 10.2. The van der Waals surface area contributed by atoms with Gasteiger partial charge in [0.05, 0.1) is 6.54 Å². The lowest BCUT2D eigenvalue weighted by Gasteiger charge is -2.11. The van der Waals surface area contributed by atoms with Gasteiger partial charge in [0.25, 0.3) is 0 Å². The van der Waals surface area contributed by atoms with Crippen molar-refractivity contribution in [3.05, 3.63) is 59.1 Å². The Morgan fingerprint density at radius 1 is 1.19 bits per heavy atom. The molecule has 2 aromatic carbocycles. The average Bonchev–Trinajstić information content (AvgIpc) is 2.45. The molecule has 0 unspecified atom stereocenters. The Morgan fingerprint density at radius 2 is 1.95 bits per heavy atom. The fourth-order valence-corrected chi connectivity index (χ4v) is 2.12. The molecular formula is C16H17ClN2OS. The minimum absolute atomic E-state index is 0.542. The van der Waals surface area contributed by atoms with E-state index in [2.05, 4.69) is 10.6 Å². The molecule has 0 spiro atoms. The molecule has 2 aromatic rings. The van der Waals surface area contributed by atoms with E-state index in [1.165, 1.54) is 5.56 Å². The normalized spacial score (nSPS) is 10.0. The third kappa shape index (κ3) is 5.61. The number of ether oxygens (including phenoxy) is 1. The van der Waals surface area contributed by atoms with Crippen LogP contribution in [0.5, 0.6) is 5.75 Å². The SMILES string of the molecule is Cc1ccc(OCCNC(=S)Nc2cccc(Cl)c2)cc1. The second-order valence-corrected chi connectivity index (χ2v) is 5.40. The van der Waals surface area contributed by atoms with E-state index in [0.29, 0.717) is 23.3 Å². The lowest BCUT2D eigenvalue weighted by Crippen LogP contribution is -2.31. The Kier molecular flexibility index (Phi) is 5.84. The van der Waals surface area contributed by atoms with Crippen LogP contribution in [0, 0.1) is 6.92 Å². The van der Waals surface area contributed by atoms with E-state index in [1.54, 1.807) is 0 Å². The monoisotopic (exact) mass is 320 g/mol. The van der Waals surface area contributed by atoms with E-state index < -0.39 is 0 Å². The van der Waals surface area contributed by atoms with Gasteiger partial charge in [0.2, 0.25) is 0 Å². The zero-order chi connectivity index (χ0) is 15.1. The van der Waals surface area contributed by atoms with Crippen molar-refractivity contribution >= 4 is 34.6 Å². The highest BCUT2D eigenvalue weighted by Crippen LogP contribution is 2.14. The highest BCUT2D eigenvalue weighted by Gasteiger charge is 1.98. The van der Waals surface area contributed by atoms with Gasteiger partial charge in [0.1, 0.15) is 12.4 Å². The molecule has 0 fully saturated rings. The molecule has 110 valence electrons. The summed E-state index contributed by atoms with van der Waals surface area (Å²) in [5.41, 5.74) is 2.08. The number of rotatable bonds is 5. The highest BCUT2D eigenvalue weighted by atomic mass is 35.5. The molecule has 5 heteroatoms. The Bertz CT molecular complexity index is 601. The quantitative estimate of drug-likeness (QED) is 0.644. The van der Waals surface area contributed by atoms with Gasteiger partial charge in [0, 0.05) is 10.7 Å². The minimum atomic E-state index is 0.542. The first kappa shape index (κ1) is 15.6. The molecule has 21 heavy (non-hydrogen) atoms. The van der Waals surface area contributed by atoms with Crippen molar-refractivity contribution in [1.82, 2.24) is 5.32 Å². The summed E-state index contributed by atoms with van der Waals surface area (Å²) in [7, 11) is 0. The Morgan fingerprint density at radius 3 is 2.67 bits per heavy atom. The average molecular weight is 321 g/mol. The van der Waals surface area contributed by atoms with Crippen LogP contribution >= 0.6 is 23.8 Å². The number of nitrogens with one attached hydrogen (secondary N) is 2. The largest absolute Gasteiger partial charge is 0.492 e. The van der Waals surface area contributed by atoms with E-state index >= 15 is 0 Å². The summed E-state index contributed by atoms with van der Waals surface area (Å²) in [6.45, 7) is 3.21. The van der Waals surface area contributed by atoms with Gasteiger partial charge >= 0.3 is 0 Å². The smallest absolute Gasteiger partial charge is 0.170 e. The first-order valence-electron chi connectivity index (χ1n) is 6.63. The molecule has 0 atom stereocenters. The molecule has 2 rings (SSSR count). The third-order valence-corrected chi connectivity index (χ3v) is 3.24. The van der Waals surface area contributed by atoms with Crippen LogP contribution in [0.3, 0.4) is 0 Å². The van der Waals surface area contributed by atoms with Gasteiger partial charge in [-0.25, -0.2) is 0 Å². The zero-order valence-corrected chi connectivity index (χ0v) is 13.3. The maximum Gasteiger partial charge on any atom is 0.170 e. The van der Waals surface area contributed by atoms with Crippen molar-refractivity contribution in [3.8, 4) is 5.75 Å². The predicted octanol–water partition coefficient (Wildman–Crippen LogP) is 4.01. The van der Waals surface area contributed by atoms with Gasteiger partial charge in [0.15, 0.2) is 5.11 Å². The predicted molar refractivity (Wildman–Crippen MR) is 92.3 cm³/mol. The van der Waals surface area contributed by atoms with E-state index in [4.69, 9.17) is 28.6 Å². The van der Waals surface area contributed by atoms with Crippen molar-refractivity contribution < 1.29 is 4.74 Å². The molecule has 0 saturated carbocycles. The van der Waals surface area contributed by atoms with Crippen LogP contribution in [0.15, 0.2) is 48.5 Å². The van der Waals surface area contributed by atoms with E-state index in [0.717, 1.165) is 11.4 Å². The van der Waals surface area contributed by atoms with Crippen molar-refractivity contribution in [2.75, 3.05) is 18.5 Å². The maximum absolute atomic E-state index is 5.91. The second kappa shape index (κ2) is 7.86. The Balaban J connectivity index is 1.68. The summed E-state index contributed by atoms with van der Waals surface area (Å²) in [5, 5.41) is 7.37. The molecule has 3 nitrogen and oxygen atoms in total. The van der Waals surface area contributed by atoms with Crippen LogP contribution in [-0.4, -0.2) is 18.3 Å². The molecule has 0 saturated heterocycles. The van der Waals surface area contributed by atoms with Gasteiger partial charge in [-0.15, -0.1) is 0 Å². The van der Waals surface area contributed by atoms with Crippen LogP contribution in [-0.2, 0) is 0 Å². The van der Waals surface area contributed by atoms with E-state index in [1.807, 2.05) is 55.5 Å². The standard InChI is InChI=1S/C16H17ClN2OS/c1-12-5-7-15(8-6-12)20-10-9-18-16(21)19-14-4-2-3-13(17)11-14/h2-8,11H,9-10H2,1H3,(H2,18,19,21). The molecule has 0 radical (unpaired) electrons. The fourth-order valence-electron chi connectivity index (χ4n) is 1.71. The minimum Gasteiger partial charge on any atom is -0.492 e. The van der Waals surface area contributed by atoms with Gasteiger partial charge in [-0.05, 0) is 49.5 Å². The van der Waals surface area contributed by atoms with Crippen LogP contribution in [0.1, 0.15) is 5.56 Å². The summed E-state index contributed by atoms with van der Waals surface area (Å²) < 4.78 is 5.61. The van der Waals surface area contributed by atoms with Gasteiger partial charge in [-0.1, -0.05) is 35.4 Å². The van der Waals surface area contributed by atoms with Crippen molar-refractivity contribution in [3.63, 3.8) is 0 Å². The molecule has 0 aliphatic rings. The molecule has 0 aromatic heterocycles. The van der Waals surface area contributed by atoms with E-state index in [9.17, 15) is 0 Å². The van der Waals surface area contributed by atoms with Gasteiger partial charge < -0.3 is 15.4 Å². The maximum atomic E-state index is 5.91. The number of anilines is 1. The number of aryl methyl sites for hydroxylation is 1. The van der Waals surface area contributed by atoms with Crippen LogP contribution in [0.25, 0.3) is 0 Å². The Labute approximate surface area is 135 Å². The molecule has 2 N–H and O–H groups in total. The highest BCUT2D eigenvalue weighted by molar-refractivity contribution is 7.80. The number of hydrogen-bond acceptors (Lipinski definition) is 2. The van der Waals surface area contributed by atoms with Gasteiger partial charge in [-0.3, -0.25) is 0 Å². The summed E-state index contributed by atoms with van der Waals surface area (Å²) >= 11 is 11.1. The second-order valence-electron chi connectivity index (χ2n) is 4.55. The molecule has 0 aliphatic carbocycles. The summed E-state index contributed by atoms with van der Waals surface area (Å²) in [5.74, 6) is 0.858. The van der Waals surface area contributed by atoms with Crippen LogP contribution in [0.4, 0.5) is 5.69 Å². The number of hydrogen-bond donors (Lipinski definition) is 2. The molecule has 0 bridgehead atoms. The summed E-state index contributed by atoms with van der Waals surface area (Å²) in [6.07, 6.45) is 0. The van der Waals surface area contributed by atoms with Crippen LogP contribution in [0.2, 0.25) is 5.02 Å². The zero-order valence-electron chi connectivity index (χ0n) is 11.7. The number of thiocarbonyl (C=S) groups is 1. The first-order chi connectivity index (χ1) is 10.1. The molecule has 0 aliphatic heterocycles. The van der Waals surface area contributed by atoms with Crippen LogP contribution < -0.4 is 15.4 Å². The lowest BCUT2D eigenvalue weighted by molar-refractivity contribution is 0.322. The topological polar surface area (TPSA) is 33.3 Å². The Hall–Kier alpha value is -1.78. The number of benzene rings is 2. The van der Waals surface area contributed by atoms with Crippen molar-refractivity contribution in [2.24, 2.45) is 0 Å². The fraction of sp³-hybridized carbons (Fsp3) is 0.188. The van der Waals surface area contributed by atoms with Gasteiger partial charge in [-0.2, -0.15) is 0 Å². The summed E-state index contributed by atoms with van der Waals surface area (Å²) in [4.78, 5) is 0. The molecule has 0 amide bonds. The number of halogens is 1. The van der Waals surface area contributed by atoms with E-state index in [-0.39, 0.29) is 0 Å². The third-order valence-electron chi connectivity index (χ3n) is 2.76.